The molecule has 2 amide bonds. The van der Waals surface area contributed by atoms with Gasteiger partial charge in [0.2, 0.25) is 0 Å². The Morgan fingerprint density at radius 2 is 2.45 bits per heavy atom. The number of allylic oxidation sites excluding steroid dienone is 2. The van der Waals surface area contributed by atoms with Crippen LogP contribution in [0.25, 0.3) is 0 Å². The molecule has 1 heterocycles. The zero-order chi connectivity index (χ0) is 7.84. The Hall–Kier alpha value is -1.58. The van der Waals surface area contributed by atoms with E-state index in [1.807, 2.05) is 0 Å². The quantitative estimate of drug-likeness (QED) is 0.529. The summed E-state index contributed by atoms with van der Waals surface area (Å²) < 4.78 is 0. The lowest BCUT2D eigenvalue weighted by atomic mass is 10.1. The van der Waals surface area contributed by atoms with Crippen LogP contribution in [-0.2, 0) is 0 Å². The fourth-order valence-corrected chi connectivity index (χ4v) is 1.11. The van der Waals surface area contributed by atoms with Crippen molar-refractivity contribution in [1.29, 1.82) is 0 Å². The highest BCUT2D eigenvalue weighted by atomic mass is 16.3. The lowest BCUT2D eigenvalue weighted by Gasteiger charge is -2.09. The number of nitrogens with one attached hydrogen (secondary N) is 1. The van der Waals surface area contributed by atoms with Gasteiger partial charge in [0, 0.05) is 0 Å². The van der Waals surface area contributed by atoms with Crippen LogP contribution >= 0.6 is 0 Å². The SMILES string of the molecule is O=C1N=C2C(O)=CC=CC2N1. The van der Waals surface area contributed by atoms with E-state index >= 15 is 0 Å². The van der Waals surface area contributed by atoms with Gasteiger partial charge >= 0.3 is 6.03 Å². The molecular formula is C7H6N2O2. The van der Waals surface area contributed by atoms with Crippen molar-refractivity contribution in [3.8, 4) is 0 Å². The standard InChI is InChI=1S/C7H6N2O2/c10-5-3-1-2-4-6(5)9-7(11)8-4/h1-4,10H,(H,8,11). The molecule has 1 atom stereocenters. The number of rotatable bonds is 0. The third-order valence-electron chi connectivity index (χ3n) is 1.62. The normalized spacial score (nSPS) is 27.3. The number of hydrogen-bond acceptors (Lipinski definition) is 2. The number of aliphatic imine (C=N–C) groups is 1. The second-order valence-corrected chi connectivity index (χ2v) is 2.36. The molecule has 0 radical (unpaired) electrons. The molecule has 0 fully saturated rings. The zero-order valence-corrected chi connectivity index (χ0v) is 5.61. The molecule has 4 heteroatoms. The summed E-state index contributed by atoms with van der Waals surface area (Å²) in [7, 11) is 0. The van der Waals surface area contributed by atoms with Crippen LogP contribution in [0, 0.1) is 0 Å². The highest BCUT2D eigenvalue weighted by Crippen LogP contribution is 2.12. The first-order valence-corrected chi connectivity index (χ1v) is 3.24. The van der Waals surface area contributed by atoms with Crippen molar-refractivity contribution in [2.45, 2.75) is 6.04 Å². The van der Waals surface area contributed by atoms with Crippen LogP contribution in [0.2, 0.25) is 0 Å². The zero-order valence-electron chi connectivity index (χ0n) is 5.61. The molecule has 1 aliphatic carbocycles. The summed E-state index contributed by atoms with van der Waals surface area (Å²) in [6, 6.07) is -0.621. The van der Waals surface area contributed by atoms with Crippen molar-refractivity contribution in [3.05, 3.63) is 24.0 Å². The molecule has 2 rings (SSSR count). The summed E-state index contributed by atoms with van der Waals surface area (Å²) in [5.74, 6) is 0.0656. The lowest BCUT2D eigenvalue weighted by Crippen LogP contribution is -2.31. The largest absolute Gasteiger partial charge is 0.506 e. The number of carbonyl (C=O) groups excluding carboxylic acids is 1. The number of fused-ring (bicyclic) bond motifs is 1. The van der Waals surface area contributed by atoms with Crippen molar-refractivity contribution < 1.29 is 9.90 Å². The lowest BCUT2D eigenvalue weighted by molar-refractivity contribution is 0.251. The Kier molecular flexibility index (Phi) is 1.09. The molecule has 11 heavy (non-hydrogen) atoms. The van der Waals surface area contributed by atoms with E-state index in [0.29, 0.717) is 5.71 Å². The Bertz CT molecular complexity index is 302. The number of hydrogen-bond donors (Lipinski definition) is 2. The van der Waals surface area contributed by atoms with E-state index in [-0.39, 0.29) is 11.8 Å². The van der Waals surface area contributed by atoms with Gasteiger partial charge in [0.1, 0.15) is 11.5 Å². The molecule has 1 aliphatic heterocycles. The van der Waals surface area contributed by atoms with Crippen LogP contribution in [0.3, 0.4) is 0 Å². The summed E-state index contributed by atoms with van der Waals surface area (Å²) in [5, 5.41) is 11.7. The predicted octanol–water partition coefficient (Wildman–Crippen LogP) is 0.531. The van der Waals surface area contributed by atoms with Crippen molar-refractivity contribution in [3.63, 3.8) is 0 Å². The van der Waals surface area contributed by atoms with Crippen LogP contribution in [-0.4, -0.2) is 22.9 Å². The van der Waals surface area contributed by atoms with Gasteiger partial charge in [-0.25, -0.2) is 4.79 Å². The second-order valence-electron chi connectivity index (χ2n) is 2.36. The minimum atomic E-state index is -0.392. The number of carbonyl (C=O) groups is 1. The summed E-state index contributed by atoms with van der Waals surface area (Å²) in [5.41, 5.74) is 0.414. The smallest absolute Gasteiger partial charge is 0.342 e. The average Bonchev–Trinajstić information content (AvgIpc) is 2.31. The van der Waals surface area contributed by atoms with Gasteiger partial charge in [-0.15, -0.1) is 0 Å². The van der Waals surface area contributed by atoms with Crippen molar-refractivity contribution in [1.82, 2.24) is 5.32 Å². The minimum Gasteiger partial charge on any atom is -0.506 e. The van der Waals surface area contributed by atoms with Gasteiger partial charge in [-0.1, -0.05) is 12.2 Å². The van der Waals surface area contributed by atoms with E-state index in [1.54, 1.807) is 12.2 Å². The summed E-state index contributed by atoms with van der Waals surface area (Å²) >= 11 is 0. The van der Waals surface area contributed by atoms with Crippen molar-refractivity contribution >= 4 is 11.7 Å². The molecule has 2 N–H and O–H groups in total. The fourth-order valence-electron chi connectivity index (χ4n) is 1.11. The Balaban J connectivity index is 2.43. The van der Waals surface area contributed by atoms with Crippen LogP contribution in [0.5, 0.6) is 0 Å². The number of amides is 2. The van der Waals surface area contributed by atoms with E-state index in [2.05, 4.69) is 10.3 Å². The number of nitrogens with zero attached hydrogens (tertiary/aromatic N) is 1. The third kappa shape index (κ3) is 0.832. The van der Waals surface area contributed by atoms with Gasteiger partial charge in [-0.05, 0) is 6.08 Å². The van der Waals surface area contributed by atoms with E-state index in [0.717, 1.165) is 0 Å². The van der Waals surface area contributed by atoms with Gasteiger partial charge in [0.25, 0.3) is 0 Å². The van der Waals surface area contributed by atoms with Crippen molar-refractivity contribution in [2.24, 2.45) is 4.99 Å². The fraction of sp³-hybridized carbons (Fsp3) is 0.143. The Morgan fingerprint density at radius 1 is 1.64 bits per heavy atom. The van der Waals surface area contributed by atoms with E-state index in [1.165, 1.54) is 6.08 Å². The molecule has 56 valence electrons. The maximum Gasteiger partial charge on any atom is 0.342 e. The maximum atomic E-state index is 10.7. The van der Waals surface area contributed by atoms with Gasteiger partial charge in [-0.3, -0.25) is 0 Å². The highest BCUT2D eigenvalue weighted by Gasteiger charge is 2.27. The molecule has 0 aromatic rings. The molecule has 0 aromatic carbocycles. The molecule has 0 bridgehead atoms. The molecular weight excluding hydrogens is 144 g/mol. The summed E-state index contributed by atoms with van der Waals surface area (Å²) in [4.78, 5) is 14.3. The summed E-state index contributed by atoms with van der Waals surface area (Å²) in [6.07, 6.45) is 4.96. The van der Waals surface area contributed by atoms with Crippen LogP contribution < -0.4 is 5.32 Å². The van der Waals surface area contributed by atoms with Gasteiger partial charge in [-0.2, -0.15) is 4.99 Å². The first-order valence-electron chi connectivity index (χ1n) is 3.24. The molecule has 4 nitrogen and oxygen atoms in total. The van der Waals surface area contributed by atoms with Crippen LogP contribution in [0.15, 0.2) is 29.0 Å². The van der Waals surface area contributed by atoms with Crippen LogP contribution in [0.4, 0.5) is 4.79 Å². The first-order chi connectivity index (χ1) is 5.27. The number of aliphatic hydroxyl groups is 1. The predicted molar refractivity (Wildman–Crippen MR) is 39.6 cm³/mol. The van der Waals surface area contributed by atoms with E-state index in [4.69, 9.17) is 0 Å². The third-order valence-corrected chi connectivity index (χ3v) is 1.62. The van der Waals surface area contributed by atoms with E-state index < -0.39 is 6.03 Å². The molecule has 0 saturated carbocycles. The van der Waals surface area contributed by atoms with Gasteiger partial charge in [0.15, 0.2) is 0 Å². The maximum absolute atomic E-state index is 10.7. The molecule has 1 unspecified atom stereocenters. The molecule has 0 spiro atoms. The second kappa shape index (κ2) is 1.95. The highest BCUT2D eigenvalue weighted by molar-refractivity contribution is 6.14. The number of urea groups is 1. The monoisotopic (exact) mass is 150 g/mol. The molecule has 2 aliphatic rings. The Morgan fingerprint density at radius 3 is 3.18 bits per heavy atom. The van der Waals surface area contributed by atoms with Crippen LogP contribution in [0.1, 0.15) is 0 Å². The minimum absolute atomic E-state index is 0.0656. The van der Waals surface area contributed by atoms with Gasteiger partial charge < -0.3 is 10.4 Å². The van der Waals surface area contributed by atoms with Gasteiger partial charge in [0.05, 0.1) is 6.04 Å². The molecule has 0 aromatic heterocycles. The van der Waals surface area contributed by atoms with E-state index in [9.17, 15) is 9.90 Å². The topological polar surface area (TPSA) is 61.7 Å². The Labute approximate surface area is 62.9 Å². The first kappa shape index (κ1) is 6.15. The average molecular weight is 150 g/mol. The number of aliphatic hydroxyl groups excluding tert-OH is 1. The summed E-state index contributed by atoms with van der Waals surface area (Å²) in [6.45, 7) is 0. The van der Waals surface area contributed by atoms with Crippen molar-refractivity contribution in [2.75, 3.05) is 0 Å². The molecule has 0 saturated heterocycles.